The molecule has 0 saturated carbocycles. The number of carbonyl (C=O) groups is 1. The van der Waals surface area contributed by atoms with Crippen LogP contribution in [0.15, 0.2) is 23.4 Å². The quantitative estimate of drug-likeness (QED) is 0.766. The number of rotatable bonds is 3. The number of esters is 1. The topological polar surface area (TPSA) is 76.6 Å². The second-order valence-electron chi connectivity index (χ2n) is 4.77. The van der Waals surface area contributed by atoms with Gasteiger partial charge in [-0.15, -0.1) is 0 Å². The van der Waals surface area contributed by atoms with E-state index in [9.17, 15) is 17.6 Å². The average Bonchev–Trinajstić information content (AvgIpc) is 2.80. The zero-order chi connectivity index (χ0) is 14.9. The Kier molecular flexibility index (Phi) is 4.05. The molecule has 1 aromatic heterocycles. The zero-order valence-electron chi connectivity index (χ0n) is 11.1. The van der Waals surface area contributed by atoms with E-state index in [1.807, 2.05) is 0 Å². The summed E-state index contributed by atoms with van der Waals surface area (Å²) >= 11 is 0. The first-order valence-corrected chi connectivity index (χ1v) is 7.48. The number of methoxy groups -OCH3 is 1. The molecule has 0 spiro atoms. The summed E-state index contributed by atoms with van der Waals surface area (Å²) in [6.07, 6.45) is 2.03. The van der Waals surface area contributed by atoms with E-state index in [0.29, 0.717) is 0 Å². The molecule has 0 radical (unpaired) electrons. The predicted molar refractivity (Wildman–Crippen MR) is 67.6 cm³/mol. The van der Waals surface area contributed by atoms with E-state index in [0.717, 1.165) is 22.8 Å². The van der Waals surface area contributed by atoms with Crippen molar-refractivity contribution in [2.75, 3.05) is 20.2 Å². The first kappa shape index (κ1) is 14.9. The lowest BCUT2D eigenvalue weighted by molar-refractivity contribution is -0.145. The minimum Gasteiger partial charge on any atom is -0.469 e. The van der Waals surface area contributed by atoms with E-state index in [4.69, 9.17) is 0 Å². The number of ether oxygens (including phenoxy) is 1. The molecule has 1 fully saturated rings. The van der Waals surface area contributed by atoms with Gasteiger partial charge in [0.25, 0.3) is 0 Å². The van der Waals surface area contributed by atoms with Crippen molar-refractivity contribution in [3.8, 4) is 0 Å². The molecule has 1 aliphatic heterocycles. The maximum Gasteiger partial charge on any atom is 0.310 e. The van der Waals surface area contributed by atoms with Crippen LogP contribution in [0.4, 0.5) is 4.39 Å². The number of pyridine rings is 1. The molecule has 6 nitrogen and oxygen atoms in total. The van der Waals surface area contributed by atoms with Crippen molar-refractivity contribution in [2.24, 2.45) is 11.8 Å². The van der Waals surface area contributed by atoms with Gasteiger partial charge in [-0.3, -0.25) is 9.78 Å². The molecule has 1 saturated heterocycles. The highest BCUT2D eigenvalue weighted by atomic mass is 32.2. The monoisotopic (exact) mass is 302 g/mol. The van der Waals surface area contributed by atoms with Crippen LogP contribution in [0.1, 0.15) is 6.92 Å². The minimum atomic E-state index is -3.85. The van der Waals surface area contributed by atoms with Gasteiger partial charge in [0.2, 0.25) is 10.0 Å². The predicted octanol–water partition coefficient (Wildman–Crippen LogP) is 0.650. The Hall–Kier alpha value is -1.54. The lowest BCUT2D eigenvalue weighted by Gasteiger charge is -2.15. The third-order valence-corrected chi connectivity index (χ3v) is 5.20. The van der Waals surface area contributed by atoms with Crippen LogP contribution in [0.2, 0.25) is 0 Å². The molecule has 8 heteroatoms. The second kappa shape index (κ2) is 5.45. The fraction of sp³-hybridized carbons (Fsp3) is 0.500. The Balaban J connectivity index is 2.26. The van der Waals surface area contributed by atoms with Crippen molar-refractivity contribution < 1.29 is 22.3 Å². The molecule has 2 heterocycles. The molecular formula is C12H15FN2O4S. The van der Waals surface area contributed by atoms with Gasteiger partial charge in [0.15, 0.2) is 0 Å². The molecule has 1 aromatic rings. The fourth-order valence-corrected chi connectivity index (χ4v) is 3.80. The zero-order valence-corrected chi connectivity index (χ0v) is 11.9. The summed E-state index contributed by atoms with van der Waals surface area (Å²) in [5.74, 6) is -1.81. The molecule has 0 amide bonds. The molecule has 1 aliphatic rings. The van der Waals surface area contributed by atoms with Gasteiger partial charge in [-0.1, -0.05) is 6.92 Å². The third-order valence-electron chi connectivity index (χ3n) is 3.40. The van der Waals surface area contributed by atoms with Crippen LogP contribution in [0.3, 0.4) is 0 Å². The van der Waals surface area contributed by atoms with Crippen LogP contribution in [-0.4, -0.2) is 43.9 Å². The summed E-state index contributed by atoms with van der Waals surface area (Å²) in [4.78, 5) is 14.9. The van der Waals surface area contributed by atoms with Gasteiger partial charge in [0.1, 0.15) is 10.7 Å². The van der Waals surface area contributed by atoms with Crippen LogP contribution in [0.25, 0.3) is 0 Å². The molecule has 2 atom stereocenters. The van der Waals surface area contributed by atoms with Crippen molar-refractivity contribution in [2.45, 2.75) is 11.8 Å². The van der Waals surface area contributed by atoms with E-state index in [1.54, 1.807) is 6.92 Å². The van der Waals surface area contributed by atoms with E-state index < -0.39 is 27.7 Å². The van der Waals surface area contributed by atoms with Crippen molar-refractivity contribution >= 4 is 16.0 Å². The van der Waals surface area contributed by atoms with Gasteiger partial charge in [0, 0.05) is 19.3 Å². The van der Waals surface area contributed by atoms with Crippen molar-refractivity contribution in [1.29, 1.82) is 0 Å². The van der Waals surface area contributed by atoms with Gasteiger partial charge >= 0.3 is 5.97 Å². The largest absolute Gasteiger partial charge is 0.469 e. The average molecular weight is 302 g/mol. The Bertz CT molecular complexity index is 620. The van der Waals surface area contributed by atoms with Gasteiger partial charge in [-0.2, -0.15) is 4.31 Å². The molecule has 0 bridgehead atoms. The number of hydrogen-bond donors (Lipinski definition) is 0. The highest BCUT2D eigenvalue weighted by Gasteiger charge is 2.41. The van der Waals surface area contributed by atoms with Crippen LogP contribution < -0.4 is 0 Å². The minimum absolute atomic E-state index is 0.0344. The summed E-state index contributed by atoms with van der Waals surface area (Å²) in [6, 6.07) is 0.915. The lowest BCUT2D eigenvalue weighted by atomic mass is 9.99. The summed E-state index contributed by atoms with van der Waals surface area (Å²) in [7, 11) is -2.58. The number of aromatic nitrogens is 1. The van der Waals surface area contributed by atoms with Crippen LogP contribution in [0, 0.1) is 17.7 Å². The van der Waals surface area contributed by atoms with Crippen molar-refractivity contribution in [3.63, 3.8) is 0 Å². The van der Waals surface area contributed by atoms with Gasteiger partial charge < -0.3 is 4.74 Å². The maximum absolute atomic E-state index is 13.1. The van der Waals surface area contributed by atoms with Gasteiger partial charge in [0.05, 0.1) is 19.2 Å². The number of hydrogen-bond acceptors (Lipinski definition) is 5. The smallest absolute Gasteiger partial charge is 0.310 e. The Labute approximate surface area is 116 Å². The Morgan fingerprint density at radius 3 is 2.75 bits per heavy atom. The van der Waals surface area contributed by atoms with Crippen LogP contribution in [-0.2, 0) is 19.6 Å². The molecule has 0 N–H and O–H groups in total. The maximum atomic E-state index is 13.1. The highest BCUT2D eigenvalue weighted by molar-refractivity contribution is 7.89. The number of nitrogens with zero attached hydrogens (tertiary/aromatic N) is 2. The van der Waals surface area contributed by atoms with Gasteiger partial charge in [-0.25, -0.2) is 12.8 Å². The second-order valence-corrected chi connectivity index (χ2v) is 6.71. The summed E-state index contributed by atoms with van der Waals surface area (Å²) in [5, 5.41) is 0. The molecule has 2 unspecified atom stereocenters. The summed E-state index contributed by atoms with van der Waals surface area (Å²) in [6.45, 7) is 2.01. The summed E-state index contributed by atoms with van der Waals surface area (Å²) < 4.78 is 43.6. The van der Waals surface area contributed by atoms with E-state index in [1.165, 1.54) is 7.11 Å². The SMILES string of the molecule is COC(=O)C1CN(S(=O)(=O)c2cncc(F)c2)CC1C. The number of carbonyl (C=O) groups excluding carboxylic acids is 1. The molecule has 0 aromatic carbocycles. The summed E-state index contributed by atoms with van der Waals surface area (Å²) in [5.41, 5.74) is 0. The van der Waals surface area contributed by atoms with E-state index >= 15 is 0 Å². The Morgan fingerprint density at radius 2 is 2.15 bits per heavy atom. The Morgan fingerprint density at radius 1 is 1.45 bits per heavy atom. The third kappa shape index (κ3) is 2.66. The van der Waals surface area contributed by atoms with Crippen molar-refractivity contribution in [3.05, 3.63) is 24.3 Å². The lowest BCUT2D eigenvalue weighted by Crippen LogP contribution is -2.30. The molecule has 110 valence electrons. The number of halogens is 1. The normalized spacial score (nSPS) is 23.8. The first-order chi connectivity index (χ1) is 9.36. The van der Waals surface area contributed by atoms with Crippen LogP contribution >= 0.6 is 0 Å². The molecular weight excluding hydrogens is 287 g/mol. The van der Waals surface area contributed by atoms with Gasteiger partial charge in [-0.05, 0) is 12.0 Å². The molecule has 20 heavy (non-hydrogen) atoms. The molecule has 0 aliphatic carbocycles. The standard InChI is InChI=1S/C12H15FN2O4S/c1-8-6-15(7-11(8)12(16)19-2)20(17,18)10-3-9(13)4-14-5-10/h3-5,8,11H,6-7H2,1-2H3. The van der Waals surface area contributed by atoms with Crippen molar-refractivity contribution in [1.82, 2.24) is 9.29 Å². The number of sulfonamides is 1. The van der Waals surface area contributed by atoms with E-state index in [-0.39, 0.29) is 23.9 Å². The fourth-order valence-electron chi connectivity index (χ4n) is 2.26. The highest BCUT2D eigenvalue weighted by Crippen LogP contribution is 2.29. The van der Waals surface area contributed by atoms with Crippen LogP contribution in [0.5, 0.6) is 0 Å². The van der Waals surface area contributed by atoms with E-state index in [2.05, 4.69) is 9.72 Å². The molecule has 2 rings (SSSR count). The first-order valence-electron chi connectivity index (χ1n) is 6.04.